The van der Waals surface area contributed by atoms with E-state index in [1.54, 1.807) is 18.7 Å². The quantitative estimate of drug-likeness (QED) is 0.748. The number of rotatable bonds is 6. The highest BCUT2D eigenvalue weighted by atomic mass is 16.2. The molecule has 2 aromatic heterocycles. The number of carbonyl (C=O) groups is 2. The van der Waals surface area contributed by atoms with Gasteiger partial charge in [0.15, 0.2) is 0 Å². The van der Waals surface area contributed by atoms with Gasteiger partial charge >= 0.3 is 0 Å². The third kappa shape index (κ3) is 4.29. The first-order chi connectivity index (χ1) is 13.4. The van der Waals surface area contributed by atoms with Gasteiger partial charge in [-0.3, -0.25) is 19.1 Å². The molecule has 0 saturated carbocycles. The van der Waals surface area contributed by atoms with Crippen molar-refractivity contribution in [3.05, 3.63) is 44.9 Å². The van der Waals surface area contributed by atoms with Crippen LogP contribution in [0, 0.1) is 6.92 Å². The molecule has 0 spiro atoms. The van der Waals surface area contributed by atoms with Crippen LogP contribution in [0.2, 0.25) is 0 Å². The molecule has 0 atom stereocenters. The molecule has 28 heavy (non-hydrogen) atoms. The second-order valence-corrected chi connectivity index (χ2v) is 6.90. The molecule has 3 rings (SSSR count). The Kier molecular flexibility index (Phi) is 5.91. The molecule has 150 valence electrons. The topological polar surface area (TPSA) is 113 Å². The van der Waals surface area contributed by atoms with Gasteiger partial charge in [-0.25, -0.2) is 4.98 Å². The minimum Gasteiger partial charge on any atom is -0.350 e. The van der Waals surface area contributed by atoms with Crippen LogP contribution in [0.1, 0.15) is 48.7 Å². The van der Waals surface area contributed by atoms with Gasteiger partial charge < -0.3 is 15.2 Å². The third-order valence-electron chi connectivity index (χ3n) is 4.92. The van der Waals surface area contributed by atoms with Crippen LogP contribution in [0.15, 0.2) is 10.9 Å². The summed E-state index contributed by atoms with van der Waals surface area (Å²) in [6.45, 7) is 7.42. The van der Waals surface area contributed by atoms with E-state index < -0.39 is 0 Å². The van der Waals surface area contributed by atoms with Gasteiger partial charge in [-0.1, -0.05) is 13.8 Å². The van der Waals surface area contributed by atoms with Crippen LogP contribution in [0.25, 0.3) is 0 Å². The normalized spacial score (nSPS) is 13.3. The summed E-state index contributed by atoms with van der Waals surface area (Å²) in [6.07, 6.45) is 1.11. The van der Waals surface area contributed by atoms with Gasteiger partial charge in [0, 0.05) is 30.6 Å². The second kappa shape index (κ2) is 8.37. The highest BCUT2D eigenvalue weighted by molar-refractivity contribution is 5.79. The van der Waals surface area contributed by atoms with Crippen LogP contribution in [-0.4, -0.2) is 43.0 Å². The summed E-state index contributed by atoms with van der Waals surface area (Å²) in [7, 11) is 0. The van der Waals surface area contributed by atoms with Crippen molar-refractivity contribution >= 4 is 11.8 Å². The monoisotopic (exact) mass is 386 g/mol. The largest absolute Gasteiger partial charge is 0.350 e. The lowest BCUT2D eigenvalue weighted by atomic mass is 10.1. The fourth-order valence-corrected chi connectivity index (χ4v) is 3.25. The number of aryl methyl sites for hydroxylation is 2. The molecule has 0 fully saturated rings. The maximum absolute atomic E-state index is 12.8. The van der Waals surface area contributed by atoms with E-state index in [1.165, 1.54) is 0 Å². The van der Waals surface area contributed by atoms with Crippen LogP contribution in [0.5, 0.6) is 0 Å². The molecule has 0 bridgehead atoms. The predicted octanol–water partition coefficient (Wildman–Crippen LogP) is 0.448. The zero-order valence-electron chi connectivity index (χ0n) is 16.5. The molecule has 2 N–H and O–H groups in total. The van der Waals surface area contributed by atoms with Gasteiger partial charge in [-0.2, -0.15) is 5.10 Å². The van der Waals surface area contributed by atoms with Crippen molar-refractivity contribution in [2.24, 2.45) is 0 Å². The maximum atomic E-state index is 12.8. The summed E-state index contributed by atoms with van der Waals surface area (Å²) < 4.78 is 1.87. The lowest BCUT2D eigenvalue weighted by molar-refractivity contribution is -0.132. The minimum absolute atomic E-state index is 0.0222. The average molecular weight is 386 g/mol. The van der Waals surface area contributed by atoms with Crippen LogP contribution >= 0.6 is 0 Å². The summed E-state index contributed by atoms with van der Waals surface area (Å²) in [5.41, 5.74) is 2.48. The minimum atomic E-state index is -0.242. The first-order valence-corrected chi connectivity index (χ1v) is 9.60. The number of hydrogen-bond acceptors (Lipinski definition) is 5. The number of H-pyrrole nitrogens is 1. The second-order valence-electron chi connectivity index (χ2n) is 6.90. The molecule has 0 radical (unpaired) electrons. The molecule has 1 aliphatic heterocycles. The number of hydrogen-bond donors (Lipinski definition) is 2. The molecule has 0 aliphatic carbocycles. The molecular formula is C19H26N6O3. The van der Waals surface area contributed by atoms with Gasteiger partial charge in [0.1, 0.15) is 5.82 Å². The standard InChI is InChI=1S/C19H26N6O3/c1-4-16-21-12(3)15(19(28)22-16)9-18(27)24-6-7-25-14(11-24)8-13(23-25)10-20-17(26)5-2/h8H,4-7,9-11H2,1-3H3,(H,20,26)(H,21,22,28). The first-order valence-electron chi connectivity index (χ1n) is 9.60. The lowest BCUT2D eigenvalue weighted by Gasteiger charge is -2.27. The van der Waals surface area contributed by atoms with Gasteiger partial charge in [-0.15, -0.1) is 0 Å². The van der Waals surface area contributed by atoms with E-state index in [2.05, 4.69) is 20.4 Å². The first kappa shape index (κ1) is 19.8. The van der Waals surface area contributed by atoms with Gasteiger partial charge in [-0.05, 0) is 13.0 Å². The zero-order chi connectivity index (χ0) is 20.3. The molecule has 0 unspecified atom stereocenters. The summed E-state index contributed by atoms with van der Waals surface area (Å²) in [5.74, 6) is 0.502. The Balaban J connectivity index is 1.67. The highest BCUT2D eigenvalue weighted by Gasteiger charge is 2.24. The zero-order valence-corrected chi connectivity index (χ0v) is 16.5. The van der Waals surface area contributed by atoms with Gasteiger partial charge in [0.05, 0.1) is 37.4 Å². The molecule has 9 nitrogen and oxygen atoms in total. The third-order valence-corrected chi connectivity index (χ3v) is 4.92. The number of carbonyl (C=O) groups excluding carboxylic acids is 2. The van der Waals surface area contributed by atoms with Crippen molar-refractivity contribution in [2.45, 2.75) is 59.7 Å². The summed E-state index contributed by atoms with van der Waals surface area (Å²) in [5, 5.41) is 7.29. The van der Waals surface area contributed by atoms with Crippen LogP contribution in [-0.2, 0) is 42.1 Å². The number of aromatic nitrogens is 4. The van der Waals surface area contributed by atoms with Crippen molar-refractivity contribution < 1.29 is 9.59 Å². The Hall–Kier alpha value is -2.97. The number of amides is 2. The number of nitrogens with one attached hydrogen (secondary N) is 2. The Bertz CT molecular complexity index is 946. The molecule has 2 amide bonds. The molecule has 9 heteroatoms. The van der Waals surface area contributed by atoms with E-state index in [0.717, 1.165) is 11.4 Å². The predicted molar refractivity (Wildman–Crippen MR) is 102 cm³/mol. The van der Waals surface area contributed by atoms with Crippen LogP contribution in [0.4, 0.5) is 0 Å². The summed E-state index contributed by atoms with van der Waals surface area (Å²) >= 11 is 0. The number of nitrogens with zero attached hydrogens (tertiary/aromatic N) is 4. The Morgan fingerprint density at radius 1 is 1.29 bits per heavy atom. The molecule has 3 heterocycles. The Morgan fingerprint density at radius 2 is 2.07 bits per heavy atom. The SMILES string of the molecule is CCC(=O)NCc1cc2n(n1)CCN(C(=O)Cc1c(C)nc(CC)[nH]c1=O)C2. The van der Waals surface area contributed by atoms with Gasteiger partial charge in [0.2, 0.25) is 11.8 Å². The van der Waals surface area contributed by atoms with Crippen LogP contribution in [0.3, 0.4) is 0 Å². The molecule has 1 aliphatic rings. The van der Waals surface area contributed by atoms with Gasteiger partial charge in [0.25, 0.3) is 5.56 Å². The van der Waals surface area contributed by atoms with Crippen molar-refractivity contribution in [1.82, 2.24) is 30.0 Å². The van der Waals surface area contributed by atoms with Crippen molar-refractivity contribution in [3.63, 3.8) is 0 Å². The highest BCUT2D eigenvalue weighted by Crippen LogP contribution is 2.15. The smallest absolute Gasteiger partial charge is 0.254 e. The molecule has 0 saturated heterocycles. The van der Waals surface area contributed by atoms with E-state index in [9.17, 15) is 14.4 Å². The Labute approximate surface area is 163 Å². The van der Waals surface area contributed by atoms with E-state index in [1.807, 2.05) is 17.7 Å². The molecule has 2 aromatic rings. The van der Waals surface area contributed by atoms with E-state index in [0.29, 0.717) is 56.1 Å². The van der Waals surface area contributed by atoms with Crippen molar-refractivity contribution in [1.29, 1.82) is 0 Å². The lowest BCUT2D eigenvalue weighted by Crippen LogP contribution is -2.40. The number of aromatic amines is 1. The number of fused-ring (bicyclic) bond motifs is 1. The maximum Gasteiger partial charge on any atom is 0.254 e. The van der Waals surface area contributed by atoms with Crippen molar-refractivity contribution in [3.8, 4) is 0 Å². The fourth-order valence-electron chi connectivity index (χ4n) is 3.25. The average Bonchev–Trinajstić information content (AvgIpc) is 3.10. The van der Waals surface area contributed by atoms with Crippen molar-refractivity contribution in [2.75, 3.05) is 6.54 Å². The van der Waals surface area contributed by atoms with E-state index in [4.69, 9.17) is 0 Å². The summed E-state index contributed by atoms with van der Waals surface area (Å²) in [4.78, 5) is 45.3. The molecular weight excluding hydrogens is 360 g/mol. The van der Waals surface area contributed by atoms with E-state index in [-0.39, 0.29) is 23.8 Å². The Morgan fingerprint density at radius 3 is 2.75 bits per heavy atom. The molecule has 0 aromatic carbocycles. The van der Waals surface area contributed by atoms with Crippen LogP contribution < -0.4 is 10.9 Å². The fraction of sp³-hybridized carbons (Fsp3) is 0.526. The summed E-state index contributed by atoms with van der Waals surface area (Å²) in [6, 6.07) is 1.91. The van der Waals surface area contributed by atoms with E-state index >= 15 is 0 Å².